The first kappa shape index (κ1) is 10.2. The summed E-state index contributed by atoms with van der Waals surface area (Å²) in [6.07, 6.45) is 0.0278. The quantitative estimate of drug-likeness (QED) is 0.667. The van der Waals surface area contributed by atoms with E-state index >= 15 is 0 Å². The van der Waals surface area contributed by atoms with E-state index < -0.39 is 5.60 Å². The lowest BCUT2D eigenvalue weighted by atomic mass is 10.0. The molecule has 0 aromatic carbocycles. The van der Waals surface area contributed by atoms with Crippen molar-refractivity contribution >= 4 is 29.0 Å². The van der Waals surface area contributed by atoms with E-state index in [1.54, 1.807) is 0 Å². The van der Waals surface area contributed by atoms with Crippen LogP contribution in [0.4, 0.5) is 0 Å². The number of halogens is 2. The number of alkyl halides is 2. The molecule has 0 aliphatic carbocycles. The Labute approximate surface area is 70.1 Å². The van der Waals surface area contributed by atoms with Gasteiger partial charge < -0.3 is 5.11 Å². The van der Waals surface area contributed by atoms with E-state index in [0.717, 1.165) is 0 Å². The standard InChI is InChI=1S/C6H10Cl2O2/c1-5(9)2-6(10,3-7)4-8/h10H,2-4H2,1H3. The zero-order valence-corrected chi connectivity index (χ0v) is 7.24. The summed E-state index contributed by atoms with van der Waals surface area (Å²) in [5.74, 6) is -0.115. The highest BCUT2D eigenvalue weighted by Gasteiger charge is 2.26. The van der Waals surface area contributed by atoms with Gasteiger partial charge in [-0.15, -0.1) is 23.2 Å². The zero-order chi connectivity index (χ0) is 8.20. The predicted octanol–water partition coefficient (Wildman–Crippen LogP) is 1.17. The lowest BCUT2D eigenvalue weighted by molar-refractivity contribution is -0.120. The maximum atomic E-state index is 10.5. The number of hydrogen-bond acceptors (Lipinski definition) is 2. The molecule has 0 aliphatic heterocycles. The van der Waals surface area contributed by atoms with Gasteiger partial charge in [0.25, 0.3) is 0 Å². The molecule has 0 atom stereocenters. The second-order valence-electron chi connectivity index (χ2n) is 2.37. The molecular formula is C6H10Cl2O2. The molecule has 0 aliphatic rings. The van der Waals surface area contributed by atoms with E-state index in [-0.39, 0.29) is 24.0 Å². The molecule has 0 spiro atoms. The SMILES string of the molecule is CC(=O)CC(O)(CCl)CCl. The fourth-order valence-corrected chi connectivity index (χ4v) is 1.07. The van der Waals surface area contributed by atoms with Crippen molar-refractivity contribution in [2.45, 2.75) is 18.9 Å². The third-order valence-electron chi connectivity index (χ3n) is 1.08. The summed E-state index contributed by atoms with van der Waals surface area (Å²) in [4.78, 5) is 10.5. The predicted molar refractivity (Wildman–Crippen MR) is 41.7 cm³/mol. The molecular weight excluding hydrogens is 175 g/mol. The second kappa shape index (κ2) is 4.16. The van der Waals surface area contributed by atoms with Gasteiger partial charge in [-0.25, -0.2) is 0 Å². The Morgan fingerprint density at radius 2 is 1.90 bits per heavy atom. The summed E-state index contributed by atoms with van der Waals surface area (Å²) < 4.78 is 0. The topological polar surface area (TPSA) is 37.3 Å². The largest absolute Gasteiger partial charge is 0.387 e. The van der Waals surface area contributed by atoms with Crippen LogP contribution in [0.1, 0.15) is 13.3 Å². The monoisotopic (exact) mass is 184 g/mol. The van der Waals surface area contributed by atoms with Crippen LogP contribution in [-0.4, -0.2) is 28.3 Å². The van der Waals surface area contributed by atoms with Crippen LogP contribution in [-0.2, 0) is 4.79 Å². The Kier molecular flexibility index (Phi) is 4.25. The average Bonchev–Trinajstić information content (AvgIpc) is 1.87. The van der Waals surface area contributed by atoms with Gasteiger partial charge in [0.15, 0.2) is 0 Å². The van der Waals surface area contributed by atoms with Crippen molar-refractivity contribution in [2.24, 2.45) is 0 Å². The Bertz CT molecular complexity index is 121. The average molecular weight is 185 g/mol. The number of rotatable bonds is 4. The highest BCUT2D eigenvalue weighted by atomic mass is 35.5. The summed E-state index contributed by atoms with van der Waals surface area (Å²) in [5, 5.41) is 9.31. The van der Waals surface area contributed by atoms with Crippen molar-refractivity contribution in [3.63, 3.8) is 0 Å². The number of aliphatic hydroxyl groups is 1. The van der Waals surface area contributed by atoms with E-state index in [1.165, 1.54) is 6.92 Å². The van der Waals surface area contributed by atoms with E-state index in [2.05, 4.69) is 0 Å². The van der Waals surface area contributed by atoms with Crippen LogP contribution in [0, 0.1) is 0 Å². The minimum absolute atomic E-state index is 0.00389. The van der Waals surface area contributed by atoms with Crippen LogP contribution in [0.2, 0.25) is 0 Å². The smallest absolute Gasteiger partial charge is 0.132 e. The molecule has 1 N–H and O–H groups in total. The van der Waals surface area contributed by atoms with Crippen molar-refractivity contribution in [3.05, 3.63) is 0 Å². The van der Waals surface area contributed by atoms with Gasteiger partial charge in [-0.2, -0.15) is 0 Å². The van der Waals surface area contributed by atoms with Crippen LogP contribution in [0.3, 0.4) is 0 Å². The number of carbonyl (C=O) groups is 1. The van der Waals surface area contributed by atoms with Crippen molar-refractivity contribution < 1.29 is 9.90 Å². The van der Waals surface area contributed by atoms with E-state index in [1.807, 2.05) is 0 Å². The van der Waals surface area contributed by atoms with Crippen LogP contribution < -0.4 is 0 Å². The highest BCUT2D eigenvalue weighted by molar-refractivity contribution is 6.22. The zero-order valence-electron chi connectivity index (χ0n) is 5.73. The van der Waals surface area contributed by atoms with Gasteiger partial charge >= 0.3 is 0 Å². The molecule has 60 valence electrons. The minimum Gasteiger partial charge on any atom is -0.387 e. The molecule has 0 bridgehead atoms. The van der Waals surface area contributed by atoms with Gasteiger partial charge in [0, 0.05) is 6.42 Å². The molecule has 2 nitrogen and oxygen atoms in total. The third-order valence-corrected chi connectivity index (χ3v) is 2.07. The first-order valence-electron chi connectivity index (χ1n) is 2.88. The Balaban J connectivity index is 3.92. The van der Waals surface area contributed by atoms with Crippen LogP contribution in [0.15, 0.2) is 0 Å². The fourth-order valence-electron chi connectivity index (χ4n) is 0.594. The summed E-state index contributed by atoms with van der Waals surface area (Å²) in [6.45, 7) is 1.39. The molecule has 0 unspecified atom stereocenters. The maximum absolute atomic E-state index is 10.5. The van der Waals surface area contributed by atoms with Gasteiger partial charge in [-0.1, -0.05) is 0 Å². The molecule has 0 fully saturated rings. The summed E-state index contributed by atoms with van der Waals surface area (Å²) in [5.41, 5.74) is -1.21. The summed E-state index contributed by atoms with van der Waals surface area (Å²) >= 11 is 10.7. The molecule has 0 heterocycles. The molecule has 0 saturated carbocycles. The maximum Gasteiger partial charge on any atom is 0.132 e. The van der Waals surface area contributed by atoms with Crippen molar-refractivity contribution in [3.8, 4) is 0 Å². The molecule has 0 aromatic rings. The van der Waals surface area contributed by atoms with Crippen LogP contribution >= 0.6 is 23.2 Å². The minimum atomic E-state index is -1.21. The van der Waals surface area contributed by atoms with Crippen LogP contribution in [0.25, 0.3) is 0 Å². The molecule has 10 heavy (non-hydrogen) atoms. The van der Waals surface area contributed by atoms with Crippen molar-refractivity contribution in [1.82, 2.24) is 0 Å². The van der Waals surface area contributed by atoms with Gasteiger partial charge in [-0.05, 0) is 6.92 Å². The van der Waals surface area contributed by atoms with Crippen LogP contribution in [0.5, 0.6) is 0 Å². The number of hydrogen-bond donors (Lipinski definition) is 1. The van der Waals surface area contributed by atoms with Gasteiger partial charge in [0.2, 0.25) is 0 Å². The van der Waals surface area contributed by atoms with Crippen molar-refractivity contribution in [2.75, 3.05) is 11.8 Å². The molecule has 0 radical (unpaired) electrons. The molecule has 0 amide bonds. The molecule has 0 aromatic heterocycles. The number of carbonyl (C=O) groups excluding carboxylic acids is 1. The number of ketones is 1. The third kappa shape index (κ3) is 3.40. The first-order valence-corrected chi connectivity index (χ1v) is 3.95. The molecule has 0 rings (SSSR count). The fraction of sp³-hybridized carbons (Fsp3) is 0.833. The highest BCUT2D eigenvalue weighted by Crippen LogP contribution is 2.14. The van der Waals surface area contributed by atoms with Crippen molar-refractivity contribution in [1.29, 1.82) is 0 Å². The lowest BCUT2D eigenvalue weighted by Crippen LogP contribution is -2.35. The molecule has 4 heteroatoms. The lowest BCUT2D eigenvalue weighted by Gasteiger charge is -2.20. The summed E-state index contributed by atoms with van der Waals surface area (Å²) in [7, 11) is 0. The van der Waals surface area contributed by atoms with E-state index in [4.69, 9.17) is 23.2 Å². The Morgan fingerprint density at radius 1 is 1.50 bits per heavy atom. The summed E-state index contributed by atoms with van der Waals surface area (Å²) in [6, 6.07) is 0. The second-order valence-corrected chi connectivity index (χ2v) is 2.90. The van der Waals surface area contributed by atoms with E-state index in [0.29, 0.717) is 0 Å². The van der Waals surface area contributed by atoms with Gasteiger partial charge in [-0.3, -0.25) is 4.79 Å². The van der Waals surface area contributed by atoms with Gasteiger partial charge in [0.1, 0.15) is 5.78 Å². The van der Waals surface area contributed by atoms with Gasteiger partial charge in [0.05, 0.1) is 17.4 Å². The number of Topliss-reactive ketones (excluding diaryl/α,β-unsaturated/α-hetero) is 1. The normalized spacial score (nSPS) is 11.6. The first-order chi connectivity index (χ1) is 4.54. The Morgan fingerprint density at radius 3 is 2.00 bits per heavy atom. The Hall–Kier alpha value is 0.210. The molecule has 0 saturated heterocycles. The van der Waals surface area contributed by atoms with E-state index in [9.17, 15) is 9.90 Å².